The Morgan fingerprint density at radius 3 is 2.00 bits per heavy atom. The van der Waals surface area contributed by atoms with E-state index in [-0.39, 0.29) is 29.6 Å². The molecule has 4 rings (SSSR count). The molecule has 3 heteroatoms. The van der Waals surface area contributed by atoms with E-state index in [9.17, 15) is 9.59 Å². The molecule has 3 atom stereocenters. The number of β-lactam (4-membered cyclic amide) rings is 1. The molecule has 0 bridgehead atoms. The second-order valence-electron chi connectivity index (χ2n) is 7.48. The highest BCUT2D eigenvalue weighted by Gasteiger charge is 2.59. The summed E-state index contributed by atoms with van der Waals surface area (Å²) in [6, 6.07) is 0.194. The van der Waals surface area contributed by atoms with Gasteiger partial charge in [-0.25, -0.2) is 0 Å². The summed E-state index contributed by atoms with van der Waals surface area (Å²) in [7, 11) is 0. The summed E-state index contributed by atoms with van der Waals surface area (Å²) in [6.45, 7) is 10.7. The normalized spacial score (nSPS) is 28.7. The molecule has 0 spiro atoms. The number of rotatable bonds is 1. The van der Waals surface area contributed by atoms with Crippen LogP contribution in [0, 0.1) is 46.5 Å². The minimum absolute atomic E-state index is 0.0973. The average Bonchev–Trinajstić information content (AvgIpc) is 3.01. The van der Waals surface area contributed by atoms with Crippen LogP contribution in [0.2, 0.25) is 0 Å². The van der Waals surface area contributed by atoms with Crippen molar-refractivity contribution in [1.82, 2.24) is 0 Å². The van der Waals surface area contributed by atoms with Crippen LogP contribution in [0.15, 0.2) is 11.6 Å². The number of nitrogens with zero attached hydrogens (tertiary/aromatic N) is 1. The Hall–Kier alpha value is -1.90. The Kier molecular flexibility index (Phi) is 2.91. The molecule has 1 saturated carbocycles. The minimum Gasteiger partial charge on any atom is -0.307 e. The lowest BCUT2D eigenvalue weighted by molar-refractivity contribution is -0.130. The first-order valence-corrected chi connectivity index (χ1v) is 8.46. The van der Waals surface area contributed by atoms with Crippen LogP contribution in [-0.2, 0) is 9.59 Å². The van der Waals surface area contributed by atoms with Gasteiger partial charge in [-0.15, -0.1) is 0 Å². The van der Waals surface area contributed by atoms with Crippen molar-refractivity contribution in [2.45, 2.75) is 53.5 Å². The van der Waals surface area contributed by atoms with E-state index in [0.717, 1.165) is 12.1 Å². The summed E-state index contributed by atoms with van der Waals surface area (Å²) in [4.78, 5) is 26.6. The van der Waals surface area contributed by atoms with Gasteiger partial charge < -0.3 is 4.90 Å². The maximum absolute atomic E-state index is 12.8. The highest BCUT2D eigenvalue weighted by Crippen LogP contribution is 2.53. The SMILES string of the molecule is Cc1c(C)c(C)c(N2C(=O)[C@H]3CC4=CC(=O)C[C@H]4[C@H]32)c(C)c1C. The lowest BCUT2D eigenvalue weighted by Gasteiger charge is -2.47. The van der Waals surface area contributed by atoms with Crippen LogP contribution in [0.4, 0.5) is 5.69 Å². The highest BCUT2D eigenvalue weighted by atomic mass is 16.2. The fraction of sp³-hybridized carbons (Fsp3) is 0.500. The van der Waals surface area contributed by atoms with Crippen LogP contribution in [0.3, 0.4) is 0 Å². The Bertz CT molecular complexity index is 773. The molecule has 1 heterocycles. The molecule has 1 aliphatic heterocycles. The Labute approximate surface area is 137 Å². The number of anilines is 1. The van der Waals surface area contributed by atoms with Gasteiger partial charge in [0.15, 0.2) is 5.78 Å². The zero-order valence-corrected chi connectivity index (χ0v) is 14.5. The number of allylic oxidation sites excluding steroid dienone is 1. The topological polar surface area (TPSA) is 37.4 Å². The fourth-order valence-electron chi connectivity index (χ4n) is 4.86. The number of benzene rings is 1. The lowest BCUT2D eigenvalue weighted by atomic mass is 9.81. The van der Waals surface area contributed by atoms with Gasteiger partial charge in [0.2, 0.25) is 5.91 Å². The third kappa shape index (κ3) is 1.71. The molecule has 3 nitrogen and oxygen atoms in total. The Morgan fingerprint density at radius 2 is 1.39 bits per heavy atom. The van der Waals surface area contributed by atoms with Crippen molar-refractivity contribution in [2.24, 2.45) is 11.8 Å². The molecule has 0 aromatic heterocycles. The molecule has 23 heavy (non-hydrogen) atoms. The quantitative estimate of drug-likeness (QED) is 0.745. The minimum atomic E-state index is 0.0973. The molecule has 1 aromatic rings. The summed E-state index contributed by atoms with van der Waals surface area (Å²) < 4.78 is 0. The van der Waals surface area contributed by atoms with Gasteiger partial charge in [-0.3, -0.25) is 9.59 Å². The smallest absolute Gasteiger partial charge is 0.232 e. The van der Waals surface area contributed by atoms with Crippen molar-refractivity contribution in [3.63, 3.8) is 0 Å². The molecular weight excluding hydrogens is 286 g/mol. The van der Waals surface area contributed by atoms with Crippen LogP contribution in [0.5, 0.6) is 0 Å². The van der Waals surface area contributed by atoms with E-state index in [1.165, 1.54) is 33.4 Å². The molecule has 2 aliphatic carbocycles. The van der Waals surface area contributed by atoms with E-state index in [1.807, 2.05) is 4.90 Å². The van der Waals surface area contributed by atoms with Gasteiger partial charge in [-0.2, -0.15) is 0 Å². The molecule has 0 N–H and O–H groups in total. The summed E-state index contributed by atoms with van der Waals surface area (Å²) in [5.41, 5.74) is 8.58. The van der Waals surface area contributed by atoms with Crippen molar-refractivity contribution in [3.05, 3.63) is 39.5 Å². The van der Waals surface area contributed by atoms with E-state index < -0.39 is 0 Å². The molecule has 3 aliphatic rings. The van der Waals surface area contributed by atoms with Gasteiger partial charge in [0.1, 0.15) is 0 Å². The molecule has 1 amide bonds. The third-order valence-corrected chi connectivity index (χ3v) is 6.58. The van der Waals surface area contributed by atoms with Crippen LogP contribution in [0.25, 0.3) is 0 Å². The van der Waals surface area contributed by atoms with Crippen LogP contribution in [-0.4, -0.2) is 17.7 Å². The number of hydrogen-bond acceptors (Lipinski definition) is 2. The van der Waals surface area contributed by atoms with E-state index in [2.05, 4.69) is 34.6 Å². The van der Waals surface area contributed by atoms with E-state index in [4.69, 9.17) is 0 Å². The third-order valence-electron chi connectivity index (χ3n) is 6.58. The predicted molar refractivity (Wildman–Crippen MR) is 90.7 cm³/mol. The maximum Gasteiger partial charge on any atom is 0.232 e. The molecule has 2 fully saturated rings. The number of carbonyl (C=O) groups is 2. The number of fused-ring (bicyclic) bond motifs is 3. The van der Waals surface area contributed by atoms with Crippen molar-refractivity contribution in [3.8, 4) is 0 Å². The summed E-state index contributed by atoms with van der Waals surface area (Å²) in [6.07, 6.45) is 3.17. The first kappa shape index (κ1) is 14.7. The van der Waals surface area contributed by atoms with Gasteiger partial charge in [-0.1, -0.05) is 5.57 Å². The largest absolute Gasteiger partial charge is 0.307 e. The van der Waals surface area contributed by atoms with Crippen molar-refractivity contribution in [1.29, 1.82) is 0 Å². The standard InChI is InChI=1S/C20H23NO2/c1-9-10(2)12(4)18(13(5)11(9)3)21-19-16-8-15(22)6-14(16)7-17(19)20(21)23/h6,16-17,19H,7-8H2,1-5H3/t16-,17+,19-/m1/s1. The van der Waals surface area contributed by atoms with Gasteiger partial charge in [0, 0.05) is 12.3 Å². The lowest BCUT2D eigenvalue weighted by Crippen LogP contribution is -2.61. The molecule has 1 aromatic carbocycles. The molecule has 0 radical (unpaired) electrons. The van der Waals surface area contributed by atoms with Crippen LogP contribution >= 0.6 is 0 Å². The second-order valence-corrected chi connectivity index (χ2v) is 7.48. The number of hydrogen-bond donors (Lipinski definition) is 0. The Balaban J connectivity index is 1.83. The first-order valence-electron chi connectivity index (χ1n) is 8.46. The van der Waals surface area contributed by atoms with Gasteiger partial charge in [0.05, 0.1) is 17.6 Å². The van der Waals surface area contributed by atoms with E-state index >= 15 is 0 Å². The van der Waals surface area contributed by atoms with Crippen LogP contribution < -0.4 is 4.90 Å². The first-order chi connectivity index (χ1) is 10.8. The van der Waals surface area contributed by atoms with Crippen molar-refractivity contribution in [2.75, 3.05) is 4.90 Å². The van der Waals surface area contributed by atoms with Crippen molar-refractivity contribution >= 4 is 17.4 Å². The molecule has 1 saturated heterocycles. The Morgan fingerprint density at radius 1 is 0.826 bits per heavy atom. The van der Waals surface area contributed by atoms with Crippen molar-refractivity contribution < 1.29 is 9.59 Å². The van der Waals surface area contributed by atoms with Gasteiger partial charge in [0.25, 0.3) is 0 Å². The maximum atomic E-state index is 12.8. The number of ketones is 1. The molecule has 0 unspecified atom stereocenters. The second kappa shape index (κ2) is 4.56. The summed E-state index contributed by atoms with van der Waals surface area (Å²) in [5, 5.41) is 0. The average molecular weight is 309 g/mol. The number of amides is 1. The molecule has 120 valence electrons. The van der Waals surface area contributed by atoms with Crippen LogP contribution in [0.1, 0.15) is 40.7 Å². The number of carbonyl (C=O) groups excluding carboxylic acids is 2. The monoisotopic (exact) mass is 309 g/mol. The highest BCUT2D eigenvalue weighted by molar-refractivity contribution is 6.07. The summed E-state index contributed by atoms with van der Waals surface area (Å²) in [5.74, 6) is 0.824. The van der Waals surface area contributed by atoms with Gasteiger partial charge >= 0.3 is 0 Å². The van der Waals surface area contributed by atoms with E-state index in [0.29, 0.717) is 6.42 Å². The van der Waals surface area contributed by atoms with E-state index in [1.54, 1.807) is 6.08 Å². The predicted octanol–water partition coefficient (Wildman–Crippen LogP) is 3.48. The summed E-state index contributed by atoms with van der Waals surface area (Å²) >= 11 is 0. The molecular formula is C20H23NO2. The zero-order valence-electron chi connectivity index (χ0n) is 14.5. The van der Waals surface area contributed by atoms with Gasteiger partial charge in [-0.05, 0) is 74.9 Å². The zero-order chi connectivity index (χ0) is 16.6. The fourth-order valence-corrected chi connectivity index (χ4v) is 4.86.